The second-order valence-corrected chi connectivity index (χ2v) is 8.36. The Balaban J connectivity index is 1.49. The van der Waals surface area contributed by atoms with Crippen LogP contribution in [-0.4, -0.2) is 60.4 Å². The number of carbonyl (C=O) groups excluding carboxylic acids is 2. The summed E-state index contributed by atoms with van der Waals surface area (Å²) in [4.78, 5) is 29.0. The number of piperidine rings is 1. The Morgan fingerprint density at radius 1 is 1.11 bits per heavy atom. The smallest absolute Gasteiger partial charge is 0.242 e. The van der Waals surface area contributed by atoms with Crippen molar-refractivity contribution >= 4 is 11.8 Å². The summed E-state index contributed by atoms with van der Waals surface area (Å²) < 4.78 is 0. The van der Waals surface area contributed by atoms with Crippen LogP contribution in [0.2, 0.25) is 0 Å². The fourth-order valence-corrected chi connectivity index (χ4v) is 4.29. The van der Waals surface area contributed by atoms with E-state index in [9.17, 15) is 9.59 Å². The molecule has 5 heteroatoms. The van der Waals surface area contributed by atoms with Gasteiger partial charge in [0.05, 0.1) is 6.54 Å². The van der Waals surface area contributed by atoms with Crippen molar-refractivity contribution in [1.29, 1.82) is 0 Å². The Hall–Kier alpha value is -1.88. The molecule has 3 aliphatic rings. The molecule has 5 nitrogen and oxygen atoms in total. The normalized spacial score (nSPS) is 22.7. The molecule has 27 heavy (non-hydrogen) atoms. The minimum absolute atomic E-state index is 0.0501. The van der Waals surface area contributed by atoms with Gasteiger partial charge in [0.2, 0.25) is 11.8 Å². The summed E-state index contributed by atoms with van der Waals surface area (Å²) in [6.07, 6.45) is 4.56. The lowest BCUT2D eigenvalue weighted by Crippen LogP contribution is -2.51. The minimum Gasteiger partial charge on any atom is -0.347 e. The molecule has 0 saturated carbocycles. The maximum Gasteiger partial charge on any atom is 0.242 e. The van der Waals surface area contributed by atoms with Gasteiger partial charge in [-0.15, -0.1) is 0 Å². The third-order valence-electron chi connectivity index (χ3n) is 5.83. The van der Waals surface area contributed by atoms with E-state index in [0.717, 1.165) is 45.4 Å². The average Bonchev–Trinajstić information content (AvgIpc) is 2.97. The fourth-order valence-electron chi connectivity index (χ4n) is 4.29. The zero-order valence-corrected chi connectivity index (χ0v) is 16.7. The van der Waals surface area contributed by atoms with Crippen molar-refractivity contribution in [2.24, 2.45) is 11.8 Å². The van der Waals surface area contributed by atoms with Crippen LogP contribution in [0.1, 0.15) is 38.7 Å². The molecule has 1 N–H and O–H groups in total. The predicted molar refractivity (Wildman–Crippen MR) is 107 cm³/mol. The summed E-state index contributed by atoms with van der Waals surface area (Å²) in [5.41, 5.74) is 1.40. The Morgan fingerprint density at radius 2 is 1.89 bits per heavy atom. The first-order chi connectivity index (χ1) is 13.0. The van der Waals surface area contributed by atoms with Crippen LogP contribution in [-0.2, 0) is 16.0 Å². The van der Waals surface area contributed by atoms with Crippen molar-refractivity contribution in [3.05, 3.63) is 35.9 Å². The molecule has 2 atom stereocenters. The summed E-state index contributed by atoms with van der Waals surface area (Å²) >= 11 is 0. The van der Waals surface area contributed by atoms with Crippen molar-refractivity contribution < 1.29 is 9.59 Å². The molecular formula is C22H33N3O2. The van der Waals surface area contributed by atoms with E-state index in [0.29, 0.717) is 12.0 Å². The summed E-state index contributed by atoms with van der Waals surface area (Å²) in [5, 5.41) is 2.78. The number of hydrogen-bond donors (Lipinski definition) is 1. The first kappa shape index (κ1) is 19.9. The summed E-state index contributed by atoms with van der Waals surface area (Å²) in [7, 11) is 0. The molecular weight excluding hydrogens is 338 g/mol. The van der Waals surface area contributed by atoms with Crippen LogP contribution in [0.5, 0.6) is 0 Å². The Bertz CT molecular complexity index is 632. The van der Waals surface area contributed by atoms with Gasteiger partial charge >= 0.3 is 0 Å². The lowest BCUT2D eigenvalue weighted by Gasteiger charge is -2.36. The molecule has 148 valence electrons. The van der Waals surface area contributed by atoms with Crippen LogP contribution in [0, 0.1) is 11.8 Å². The van der Waals surface area contributed by atoms with E-state index >= 15 is 0 Å². The van der Waals surface area contributed by atoms with E-state index in [1.807, 2.05) is 18.7 Å². The van der Waals surface area contributed by atoms with Gasteiger partial charge in [-0.3, -0.25) is 9.59 Å². The van der Waals surface area contributed by atoms with Crippen LogP contribution in [0.25, 0.3) is 0 Å². The summed E-state index contributed by atoms with van der Waals surface area (Å²) in [6, 6.07) is 10.9. The third-order valence-corrected chi connectivity index (χ3v) is 5.83. The van der Waals surface area contributed by atoms with Gasteiger partial charge in [-0.1, -0.05) is 44.2 Å². The van der Waals surface area contributed by atoms with Crippen LogP contribution in [0.15, 0.2) is 30.3 Å². The van der Waals surface area contributed by atoms with Crippen LogP contribution in [0.3, 0.4) is 0 Å². The largest absolute Gasteiger partial charge is 0.347 e. The molecule has 3 fully saturated rings. The number of benzene rings is 1. The zero-order valence-electron chi connectivity index (χ0n) is 16.7. The first-order valence-electron chi connectivity index (χ1n) is 10.4. The van der Waals surface area contributed by atoms with Crippen LogP contribution >= 0.6 is 0 Å². The van der Waals surface area contributed by atoms with E-state index in [1.54, 1.807) is 0 Å². The van der Waals surface area contributed by atoms with Gasteiger partial charge in [0, 0.05) is 31.6 Å². The van der Waals surface area contributed by atoms with E-state index in [-0.39, 0.29) is 24.3 Å². The molecule has 3 saturated heterocycles. The van der Waals surface area contributed by atoms with E-state index in [4.69, 9.17) is 0 Å². The van der Waals surface area contributed by atoms with Crippen LogP contribution < -0.4 is 5.32 Å². The molecule has 4 rings (SSSR count). The van der Waals surface area contributed by atoms with Gasteiger partial charge in [0.25, 0.3) is 0 Å². The Labute approximate surface area is 163 Å². The topological polar surface area (TPSA) is 52.7 Å². The maximum atomic E-state index is 12.7. The third kappa shape index (κ3) is 5.55. The molecule has 2 bridgehead atoms. The number of rotatable bonds is 7. The van der Waals surface area contributed by atoms with Crippen molar-refractivity contribution in [2.45, 2.75) is 45.6 Å². The number of aryl methyl sites for hydroxylation is 1. The molecule has 3 aliphatic heterocycles. The molecule has 0 spiro atoms. The average molecular weight is 372 g/mol. The van der Waals surface area contributed by atoms with Crippen molar-refractivity contribution in [2.75, 3.05) is 32.7 Å². The molecule has 1 aromatic rings. The summed E-state index contributed by atoms with van der Waals surface area (Å²) in [6.45, 7) is 7.82. The van der Waals surface area contributed by atoms with Gasteiger partial charge in [-0.2, -0.15) is 0 Å². The highest BCUT2D eigenvalue weighted by atomic mass is 16.2. The van der Waals surface area contributed by atoms with E-state index in [1.165, 1.54) is 12.0 Å². The van der Waals surface area contributed by atoms with Crippen molar-refractivity contribution in [1.82, 2.24) is 15.1 Å². The lowest BCUT2D eigenvalue weighted by molar-refractivity contribution is -0.136. The van der Waals surface area contributed by atoms with Gasteiger partial charge in [0.15, 0.2) is 0 Å². The minimum atomic E-state index is -0.0847. The molecule has 3 heterocycles. The number of nitrogens with zero attached hydrogens (tertiary/aromatic N) is 2. The fraction of sp³-hybridized carbons (Fsp3) is 0.636. The van der Waals surface area contributed by atoms with E-state index in [2.05, 4.69) is 40.5 Å². The van der Waals surface area contributed by atoms with Crippen molar-refractivity contribution in [3.8, 4) is 0 Å². The van der Waals surface area contributed by atoms with Crippen LogP contribution in [0.4, 0.5) is 0 Å². The molecule has 0 radical (unpaired) electrons. The molecule has 2 amide bonds. The van der Waals surface area contributed by atoms with Crippen molar-refractivity contribution in [3.63, 3.8) is 0 Å². The van der Waals surface area contributed by atoms with Gasteiger partial charge in [-0.25, -0.2) is 0 Å². The highest BCUT2D eigenvalue weighted by Crippen LogP contribution is 2.28. The predicted octanol–water partition coefficient (Wildman–Crippen LogP) is 2.31. The quantitative estimate of drug-likeness (QED) is 0.800. The number of nitrogens with one attached hydrogen (secondary N) is 1. The highest BCUT2D eigenvalue weighted by Gasteiger charge is 2.36. The number of fused-ring (bicyclic) bond motifs is 4. The monoisotopic (exact) mass is 371 g/mol. The lowest BCUT2D eigenvalue weighted by atomic mass is 9.95. The second kappa shape index (κ2) is 9.36. The summed E-state index contributed by atoms with van der Waals surface area (Å²) in [5.74, 6) is 0.499. The Kier molecular flexibility index (Phi) is 6.89. The molecule has 1 aromatic carbocycles. The van der Waals surface area contributed by atoms with E-state index < -0.39 is 0 Å². The number of hydrogen-bond acceptors (Lipinski definition) is 3. The Morgan fingerprint density at radius 3 is 2.63 bits per heavy atom. The second-order valence-electron chi connectivity index (χ2n) is 8.36. The highest BCUT2D eigenvalue weighted by molar-refractivity contribution is 5.85. The number of amides is 2. The van der Waals surface area contributed by atoms with Gasteiger partial charge in [-0.05, 0) is 43.7 Å². The maximum absolute atomic E-state index is 12.7. The molecule has 0 unspecified atom stereocenters. The van der Waals surface area contributed by atoms with Gasteiger partial charge < -0.3 is 15.1 Å². The standard InChI is InChI=1S/C22H33N3O2/c1-17(2)22(27)23-13-21(26)25-15-19-10-11-20(25)16-24(14-19)12-6-9-18-7-4-3-5-8-18/h3-5,7-8,17,19-20H,6,9-16H2,1-2H3,(H,23,27)/t19-,20+/m1/s1. The molecule has 0 aliphatic carbocycles. The number of carbonyl (C=O) groups is 2. The SMILES string of the molecule is CC(C)C(=O)NCC(=O)N1C[C@@H]2CC[C@H]1CN(CCCc1ccccc1)C2. The molecule has 0 aromatic heterocycles. The zero-order chi connectivity index (χ0) is 19.2. The first-order valence-corrected chi connectivity index (χ1v) is 10.4. The van der Waals surface area contributed by atoms with Gasteiger partial charge in [0.1, 0.15) is 0 Å².